The zero-order chi connectivity index (χ0) is 26.9. The molecule has 0 fully saturated rings. The second-order valence-corrected chi connectivity index (χ2v) is 7.47. The average Bonchev–Trinajstić information content (AvgIpc) is 2.88. The number of hydrogen-bond acceptors (Lipinski definition) is 10. The van der Waals surface area contributed by atoms with Crippen molar-refractivity contribution in [3.8, 4) is 5.75 Å². The minimum atomic E-state index is -1.07. The summed E-state index contributed by atoms with van der Waals surface area (Å²) in [6.07, 6.45) is -1.07. The summed E-state index contributed by atoms with van der Waals surface area (Å²) in [5, 5.41) is 40.8. The molecule has 14 heteroatoms. The molecule has 0 bridgehead atoms. The minimum Gasteiger partial charge on any atom is -0.472 e. The van der Waals surface area contributed by atoms with E-state index in [0.29, 0.717) is 5.56 Å². The summed E-state index contributed by atoms with van der Waals surface area (Å²) in [5.74, 6) is -0.482. The van der Waals surface area contributed by atoms with Crippen LogP contribution in [-0.4, -0.2) is 32.9 Å². The molecular weight excluding hydrogens is 488 g/mol. The van der Waals surface area contributed by atoms with Gasteiger partial charge in [0, 0.05) is 19.1 Å². The molecule has 1 unspecified atom stereocenters. The molecule has 37 heavy (non-hydrogen) atoms. The van der Waals surface area contributed by atoms with Crippen molar-refractivity contribution in [1.82, 2.24) is 5.32 Å². The lowest BCUT2D eigenvalue weighted by Crippen LogP contribution is -2.33. The van der Waals surface area contributed by atoms with Crippen molar-refractivity contribution in [2.75, 3.05) is 12.0 Å². The van der Waals surface area contributed by atoms with Crippen molar-refractivity contribution < 1.29 is 24.3 Å². The number of hydrazone groups is 1. The maximum atomic E-state index is 11.7. The van der Waals surface area contributed by atoms with Crippen LogP contribution in [0.2, 0.25) is 0 Å². The molecule has 1 amide bonds. The molecule has 14 nitrogen and oxygen atoms in total. The molecule has 0 saturated heterocycles. The third kappa shape index (κ3) is 6.82. The van der Waals surface area contributed by atoms with Crippen molar-refractivity contribution in [3.05, 3.63) is 109 Å². The van der Waals surface area contributed by atoms with Gasteiger partial charge in [0.2, 0.25) is 5.91 Å². The Hall–Kier alpha value is -5.40. The zero-order valence-electron chi connectivity index (χ0n) is 19.3. The summed E-state index contributed by atoms with van der Waals surface area (Å²) in [7, 11) is 0. The van der Waals surface area contributed by atoms with Crippen LogP contribution in [0.3, 0.4) is 0 Å². The molecule has 0 aliphatic rings. The molecule has 190 valence electrons. The molecule has 0 spiro atoms. The van der Waals surface area contributed by atoms with Crippen molar-refractivity contribution in [3.63, 3.8) is 0 Å². The number of ether oxygens (including phenoxy) is 1. The first-order chi connectivity index (χ1) is 17.7. The molecule has 3 rings (SSSR count). The predicted molar refractivity (Wildman–Crippen MR) is 132 cm³/mol. The summed E-state index contributed by atoms with van der Waals surface area (Å²) < 4.78 is 6.02. The summed E-state index contributed by atoms with van der Waals surface area (Å²) in [6.45, 7) is 1.08. The molecule has 3 aromatic carbocycles. The third-order valence-electron chi connectivity index (χ3n) is 4.94. The quantitative estimate of drug-likeness (QED) is 0.217. The Balaban J connectivity index is 2.08. The normalized spacial score (nSPS) is 11.8. The predicted octanol–water partition coefficient (Wildman–Crippen LogP) is 4.14. The fourth-order valence-electron chi connectivity index (χ4n) is 3.21. The van der Waals surface area contributed by atoms with Crippen molar-refractivity contribution in [1.29, 1.82) is 0 Å². The van der Waals surface area contributed by atoms with Crippen LogP contribution in [0, 0.1) is 30.3 Å². The number of nitro groups is 3. The van der Waals surface area contributed by atoms with E-state index in [1.807, 2.05) is 0 Å². The Morgan fingerprint density at radius 1 is 0.892 bits per heavy atom. The first-order valence-corrected chi connectivity index (χ1v) is 10.6. The number of para-hydroxylation sites is 2. The van der Waals surface area contributed by atoms with Crippen LogP contribution in [0.5, 0.6) is 5.75 Å². The second-order valence-electron chi connectivity index (χ2n) is 7.47. The maximum absolute atomic E-state index is 11.7. The molecule has 0 aliphatic carbocycles. The maximum Gasteiger partial charge on any atom is 0.310 e. The van der Waals surface area contributed by atoms with Gasteiger partial charge in [0.25, 0.3) is 5.69 Å². The lowest BCUT2D eigenvalue weighted by atomic mass is 10.0. The molecule has 0 aliphatic heterocycles. The lowest BCUT2D eigenvalue weighted by molar-refractivity contribution is -0.393. The van der Waals surface area contributed by atoms with Gasteiger partial charge in [0.05, 0.1) is 27.4 Å². The molecule has 0 heterocycles. The number of nitro benzene ring substituents is 3. The molecular formula is C23H20N6O8. The minimum absolute atomic E-state index is 0.0711. The summed E-state index contributed by atoms with van der Waals surface area (Å²) >= 11 is 0. The number of carbonyl (C=O) groups excluding carboxylic acids is 1. The molecule has 0 saturated carbocycles. The summed E-state index contributed by atoms with van der Waals surface area (Å²) in [6, 6.07) is 17.2. The van der Waals surface area contributed by atoms with Gasteiger partial charge in [-0.2, -0.15) is 5.10 Å². The number of rotatable bonds is 11. The smallest absolute Gasteiger partial charge is 0.310 e. The number of benzene rings is 3. The van der Waals surface area contributed by atoms with Crippen LogP contribution in [0.15, 0.2) is 77.9 Å². The topological polar surface area (TPSA) is 192 Å². The van der Waals surface area contributed by atoms with Gasteiger partial charge in [0.1, 0.15) is 11.4 Å². The van der Waals surface area contributed by atoms with Gasteiger partial charge >= 0.3 is 11.4 Å². The number of anilines is 1. The van der Waals surface area contributed by atoms with Crippen LogP contribution in [0.1, 0.15) is 18.6 Å². The Labute approximate surface area is 209 Å². The van der Waals surface area contributed by atoms with Crippen molar-refractivity contribution >= 4 is 34.4 Å². The molecule has 0 radical (unpaired) electrons. The average molecular weight is 508 g/mol. The van der Waals surface area contributed by atoms with Gasteiger partial charge < -0.3 is 10.1 Å². The molecule has 2 N–H and O–H groups in total. The first kappa shape index (κ1) is 26.2. The SMILES string of the molecule is CC(=O)NC/C(=N/Nc1ccc([N+](=O)[O-])cc1[N+](=O)[O-])C(Oc1ccccc1[N+](=O)[O-])c1ccccc1. The lowest BCUT2D eigenvalue weighted by Gasteiger charge is -2.22. The van der Waals surface area contributed by atoms with Gasteiger partial charge in [-0.25, -0.2) is 0 Å². The first-order valence-electron chi connectivity index (χ1n) is 10.6. The number of carbonyl (C=O) groups is 1. The van der Waals surface area contributed by atoms with Gasteiger partial charge in [-0.3, -0.25) is 40.6 Å². The number of amides is 1. The summed E-state index contributed by atoms with van der Waals surface area (Å²) in [4.78, 5) is 43.5. The van der Waals surface area contributed by atoms with E-state index in [0.717, 1.165) is 18.2 Å². The van der Waals surface area contributed by atoms with Crippen LogP contribution in [-0.2, 0) is 4.79 Å². The second kappa shape index (κ2) is 11.8. The monoisotopic (exact) mass is 508 g/mol. The zero-order valence-corrected chi connectivity index (χ0v) is 19.3. The largest absolute Gasteiger partial charge is 0.472 e. The van der Waals surface area contributed by atoms with E-state index in [1.54, 1.807) is 36.4 Å². The van der Waals surface area contributed by atoms with Gasteiger partial charge in [-0.05, 0) is 17.7 Å². The van der Waals surface area contributed by atoms with Crippen LogP contribution >= 0.6 is 0 Å². The Morgan fingerprint density at radius 3 is 2.16 bits per heavy atom. The molecule has 1 atom stereocenters. The summed E-state index contributed by atoms with van der Waals surface area (Å²) in [5.41, 5.74) is 1.59. The Morgan fingerprint density at radius 2 is 1.54 bits per heavy atom. The number of non-ortho nitro benzene ring substituents is 1. The van der Waals surface area contributed by atoms with E-state index in [2.05, 4.69) is 15.8 Å². The number of hydrogen-bond donors (Lipinski definition) is 2. The fraction of sp³-hybridized carbons (Fsp3) is 0.130. The molecule has 0 aromatic heterocycles. The van der Waals surface area contributed by atoms with E-state index >= 15 is 0 Å². The third-order valence-corrected chi connectivity index (χ3v) is 4.94. The highest BCUT2D eigenvalue weighted by molar-refractivity contribution is 5.94. The standard InChI is InChI=1S/C23H20N6O8/c1-15(30)24-14-19(26-25-18-12-11-17(27(31)32)13-21(18)29(35)36)23(16-7-3-2-4-8-16)37-22-10-6-5-9-20(22)28(33)34/h2-13,23,25H,14H2,1H3,(H,24,30)/b26-19-. The van der Waals surface area contributed by atoms with Gasteiger partial charge in [0.15, 0.2) is 11.9 Å². The van der Waals surface area contributed by atoms with E-state index in [4.69, 9.17) is 4.74 Å². The van der Waals surface area contributed by atoms with E-state index in [-0.39, 0.29) is 29.4 Å². The van der Waals surface area contributed by atoms with E-state index in [1.165, 1.54) is 25.1 Å². The highest BCUT2D eigenvalue weighted by Crippen LogP contribution is 2.32. The highest BCUT2D eigenvalue weighted by Gasteiger charge is 2.26. The molecule has 3 aromatic rings. The van der Waals surface area contributed by atoms with Crippen LogP contribution < -0.4 is 15.5 Å². The van der Waals surface area contributed by atoms with Crippen LogP contribution in [0.4, 0.5) is 22.7 Å². The van der Waals surface area contributed by atoms with Crippen molar-refractivity contribution in [2.24, 2.45) is 5.10 Å². The van der Waals surface area contributed by atoms with E-state index < -0.39 is 38.2 Å². The highest BCUT2D eigenvalue weighted by atomic mass is 16.6. The Kier molecular flexibility index (Phi) is 8.38. The number of nitrogens with zero attached hydrogens (tertiary/aromatic N) is 4. The number of nitrogens with one attached hydrogen (secondary N) is 2. The van der Waals surface area contributed by atoms with Gasteiger partial charge in [-0.15, -0.1) is 0 Å². The van der Waals surface area contributed by atoms with Gasteiger partial charge in [-0.1, -0.05) is 42.5 Å². The van der Waals surface area contributed by atoms with E-state index in [9.17, 15) is 35.1 Å². The van der Waals surface area contributed by atoms with Crippen molar-refractivity contribution in [2.45, 2.75) is 13.0 Å². The fourth-order valence-corrected chi connectivity index (χ4v) is 3.21. The van der Waals surface area contributed by atoms with Crippen LogP contribution in [0.25, 0.3) is 0 Å². The Bertz CT molecular complexity index is 1360.